The molecule has 0 spiro atoms. The molecule has 0 aliphatic heterocycles. The highest BCUT2D eigenvalue weighted by molar-refractivity contribution is 14.0. The van der Waals surface area contributed by atoms with Crippen molar-refractivity contribution in [2.24, 2.45) is 4.99 Å². The molecule has 0 saturated heterocycles. The van der Waals surface area contributed by atoms with E-state index < -0.39 is 10.8 Å². The van der Waals surface area contributed by atoms with E-state index in [2.05, 4.69) is 22.5 Å². The van der Waals surface area contributed by atoms with Gasteiger partial charge in [0.25, 0.3) is 0 Å². The largest absolute Gasteiger partial charge is 0.379 e. The fraction of sp³-hybridized carbons (Fsp3) is 0.611. The summed E-state index contributed by atoms with van der Waals surface area (Å²) >= 11 is 0. The first kappa shape index (κ1) is 25.3. The quantitative estimate of drug-likeness (QED) is 0.190. The van der Waals surface area contributed by atoms with Crippen LogP contribution in [-0.2, 0) is 20.3 Å². The van der Waals surface area contributed by atoms with E-state index in [1.54, 1.807) is 7.05 Å². The number of guanidine groups is 1. The third-order valence-electron chi connectivity index (χ3n) is 3.36. The number of aliphatic imine (C=N–C) groups is 1. The Kier molecular flexibility index (Phi) is 17.2. The number of nitrogens with one attached hydrogen (secondary N) is 2. The van der Waals surface area contributed by atoms with Gasteiger partial charge in [0, 0.05) is 37.4 Å². The van der Waals surface area contributed by atoms with Crippen LogP contribution >= 0.6 is 24.0 Å². The SMILES string of the molecule is CCCCOCCOCCNC(=NC)NCCS(=O)c1ccccc1.I. The van der Waals surface area contributed by atoms with Gasteiger partial charge in [-0.25, -0.2) is 0 Å². The Balaban J connectivity index is 0.00000625. The molecular formula is C18H32IN3O3S. The lowest BCUT2D eigenvalue weighted by atomic mass is 10.4. The molecule has 0 bridgehead atoms. The summed E-state index contributed by atoms with van der Waals surface area (Å²) in [6, 6.07) is 9.48. The Hall–Kier alpha value is -0.710. The average molecular weight is 497 g/mol. The van der Waals surface area contributed by atoms with Gasteiger partial charge in [0.1, 0.15) is 0 Å². The predicted molar refractivity (Wildman–Crippen MR) is 119 cm³/mol. The smallest absolute Gasteiger partial charge is 0.191 e. The first-order valence-electron chi connectivity index (χ1n) is 8.81. The van der Waals surface area contributed by atoms with Gasteiger partial charge in [0.05, 0.1) is 30.6 Å². The van der Waals surface area contributed by atoms with Crippen molar-refractivity contribution in [3.05, 3.63) is 30.3 Å². The van der Waals surface area contributed by atoms with Crippen LogP contribution in [0.1, 0.15) is 19.8 Å². The Morgan fingerprint density at radius 1 is 1.04 bits per heavy atom. The first-order chi connectivity index (χ1) is 12.3. The van der Waals surface area contributed by atoms with E-state index in [9.17, 15) is 4.21 Å². The molecule has 26 heavy (non-hydrogen) atoms. The number of rotatable bonds is 13. The van der Waals surface area contributed by atoms with Gasteiger partial charge in [-0.3, -0.25) is 9.20 Å². The van der Waals surface area contributed by atoms with Gasteiger partial charge < -0.3 is 20.1 Å². The minimum Gasteiger partial charge on any atom is -0.379 e. The molecule has 1 unspecified atom stereocenters. The summed E-state index contributed by atoms with van der Waals surface area (Å²) in [5.74, 6) is 1.23. The zero-order valence-electron chi connectivity index (χ0n) is 15.7. The molecule has 0 fully saturated rings. The number of unbranched alkanes of at least 4 members (excludes halogenated alkanes) is 1. The Labute approximate surface area is 177 Å². The van der Waals surface area contributed by atoms with Gasteiger partial charge in [-0.05, 0) is 18.6 Å². The molecule has 6 nitrogen and oxygen atoms in total. The van der Waals surface area contributed by atoms with E-state index in [4.69, 9.17) is 9.47 Å². The summed E-state index contributed by atoms with van der Waals surface area (Å²) in [4.78, 5) is 4.99. The third-order valence-corrected chi connectivity index (χ3v) is 4.74. The average Bonchev–Trinajstić information content (AvgIpc) is 2.65. The molecule has 150 valence electrons. The first-order valence-corrected chi connectivity index (χ1v) is 10.1. The van der Waals surface area contributed by atoms with Crippen molar-refractivity contribution in [1.82, 2.24) is 10.6 Å². The van der Waals surface area contributed by atoms with Crippen LogP contribution in [0.2, 0.25) is 0 Å². The predicted octanol–water partition coefficient (Wildman–Crippen LogP) is 2.41. The topological polar surface area (TPSA) is 72.0 Å². The summed E-state index contributed by atoms with van der Waals surface area (Å²) < 4.78 is 23.0. The van der Waals surface area contributed by atoms with Gasteiger partial charge >= 0.3 is 0 Å². The Morgan fingerprint density at radius 2 is 1.69 bits per heavy atom. The van der Waals surface area contributed by atoms with Gasteiger partial charge in [0.2, 0.25) is 0 Å². The number of hydrogen-bond acceptors (Lipinski definition) is 4. The monoisotopic (exact) mass is 497 g/mol. The maximum Gasteiger partial charge on any atom is 0.191 e. The van der Waals surface area contributed by atoms with Crippen LogP contribution in [-0.4, -0.2) is 62.5 Å². The summed E-state index contributed by atoms with van der Waals surface area (Å²) in [5, 5.41) is 6.33. The van der Waals surface area contributed by atoms with Crippen molar-refractivity contribution in [3.8, 4) is 0 Å². The number of hydrogen-bond donors (Lipinski definition) is 2. The highest BCUT2D eigenvalue weighted by Gasteiger charge is 2.03. The minimum absolute atomic E-state index is 0. The molecule has 0 aliphatic rings. The number of halogens is 1. The van der Waals surface area contributed by atoms with E-state index in [0.29, 0.717) is 44.6 Å². The van der Waals surface area contributed by atoms with Crippen LogP contribution in [0, 0.1) is 0 Å². The van der Waals surface area contributed by atoms with Crippen molar-refractivity contribution in [2.45, 2.75) is 24.7 Å². The number of benzene rings is 1. The van der Waals surface area contributed by atoms with Crippen LogP contribution in [0.4, 0.5) is 0 Å². The van der Waals surface area contributed by atoms with Crippen molar-refractivity contribution >= 4 is 40.7 Å². The summed E-state index contributed by atoms with van der Waals surface area (Å²) in [6.45, 7) is 6.04. The number of nitrogens with zero attached hydrogens (tertiary/aromatic N) is 1. The Bertz CT molecular complexity index is 504. The van der Waals surface area contributed by atoms with Crippen molar-refractivity contribution in [2.75, 3.05) is 52.3 Å². The molecule has 0 heterocycles. The zero-order valence-corrected chi connectivity index (χ0v) is 18.9. The molecule has 0 amide bonds. The van der Waals surface area contributed by atoms with Gasteiger partial charge in [0.15, 0.2) is 5.96 Å². The minimum atomic E-state index is -1.000. The molecule has 1 rings (SSSR count). The second-order valence-corrected chi connectivity index (χ2v) is 6.94. The van der Waals surface area contributed by atoms with Crippen LogP contribution in [0.5, 0.6) is 0 Å². The van der Waals surface area contributed by atoms with Crippen LogP contribution < -0.4 is 10.6 Å². The molecule has 0 radical (unpaired) electrons. The maximum absolute atomic E-state index is 12.1. The molecular weight excluding hydrogens is 465 g/mol. The molecule has 1 atom stereocenters. The lowest BCUT2D eigenvalue weighted by molar-refractivity contribution is 0.0487. The lowest BCUT2D eigenvalue weighted by Gasteiger charge is -2.12. The molecule has 1 aromatic carbocycles. The van der Waals surface area contributed by atoms with Crippen molar-refractivity contribution < 1.29 is 13.7 Å². The highest BCUT2D eigenvalue weighted by Crippen LogP contribution is 2.04. The second kappa shape index (κ2) is 17.7. The van der Waals surface area contributed by atoms with Gasteiger partial charge in [-0.1, -0.05) is 31.5 Å². The molecule has 0 aromatic heterocycles. The van der Waals surface area contributed by atoms with E-state index in [-0.39, 0.29) is 24.0 Å². The fourth-order valence-corrected chi connectivity index (χ4v) is 2.97. The fourth-order valence-electron chi connectivity index (χ4n) is 1.98. The molecule has 2 N–H and O–H groups in total. The maximum atomic E-state index is 12.1. The Morgan fingerprint density at radius 3 is 2.35 bits per heavy atom. The standard InChI is InChI=1S/C18H31N3O3S.HI/c1-3-4-12-23-14-15-24-13-10-20-18(19-2)21-11-16-25(22)17-8-6-5-7-9-17;/h5-9H,3-4,10-16H2,1-2H3,(H2,19,20,21);1H. The summed E-state index contributed by atoms with van der Waals surface area (Å²) in [7, 11) is 0.715. The lowest BCUT2D eigenvalue weighted by Crippen LogP contribution is -2.40. The second-order valence-electron chi connectivity index (χ2n) is 5.37. The summed E-state index contributed by atoms with van der Waals surface area (Å²) in [6.07, 6.45) is 2.24. The van der Waals surface area contributed by atoms with E-state index in [0.717, 1.165) is 24.3 Å². The van der Waals surface area contributed by atoms with Gasteiger partial charge in [-0.15, -0.1) is 24.0 Å². The molecule has 8 heteroatoms. The molecule has 1 aromatic rings. The van der Waals surface area contributed by atoms with Crippen LogP contribution in [0.15, 0.2) is 40.2 Å². The van der Waals surface area contributed by atoms with E-state index in [1.165, 1.54) is 0 Å². The zero-order chi connectivity index (χ0) is 18.2. The van der Waals surface area contributed by atoms with E-state index >= 15 is 0 Å². The number of ether oxygens (including phenoxy) is 2. The van der Waals surface area contributed by atoms with Crippen LogP contribution in [0.25, 0.3) is 0 Å². The van der Waals surface area contributed by atoms with Crippen LogP contribution in [0.3, 0.4) is 0 Å². The molecule has 0 saturated carbocycles. The summed E-state index contributed by atoms with van der Waals surface area (Å²) in [5.41, 5.74) is 0. The van der Waals surface area contributed by atoms with Crippen molar-refractivity contribution in [3.63, 3.8) is 0 Å². The van der Waals surface area contributed by atoms with Crippen molar-refractivity contribution in [1.29, 1.82) is 0 Å². The molecule has 0 aliphatic carbocycles. The van der Waals surface area contributed by atoms with Gasteiger partial charge in [-0.2, -0.15) is 0 Å². The highest BCUT2D eigenvalue weighted by atomic mass is 127. The normalized spacial score (nSPS) is 12.3. The van der Waals surface area contributed by atoms with E-state index in [1.807, 2.05) is 30.3 Å². The third kappa shape index (κ3) is 12.6.